The summed E-state index contributed by atoms with van der Waals surface area (Å²) in [7, 11) is 0. The molecule has 3 heterocycles. The van der Waals surface area contributed by atoms with Crippen LogP contribution in [0, 0.1) is 6.92 Å². The fraction of sp³-hybridized carbons (Fsp3) is 0.400. The van der Waals surface area contributed by atoms with Crippen LogP contribution in [0.25, 0.3) is 22.4 Å². The Hall–Kier alpha value is -2.81. The molecule has 0 saturated carbocycles. The number of nitrogens with one attached hydrogen (secondary N) is 1. The van der Waals surface area contributed by atoms with Gasteiger partial charge in [0.15, 0.2) is 0 Å². The van der Waals surface area contributed by atoms with Gasteiger partial charge in [-0.3, -0.25) is 4.79 Å². The number of fused-ring (bicyclic) bond motifs is 1. The molecule has 0 atom stereocenters. The monoisotopic (exact) mass is 327 g/mol. The average Bonchev–Trinajstić information content (AvgIpc) is 3.20. The van der Waals surface area contributed by atoms with Crippen LogP contribution in [0.5, 0.6) is 0 Å². The van der Waals surface area contributed by atoms with Crippen LogP contribution in [0.2, 0.25) is 0 Å². The van der Waals surface area contributed by atoms with Crippen molar-refractivity contribution in [1.82, 2.24) is 35.1 Å². The summed E-state index contributed by atoms with van der Waals surface area (Å²) < 4.78 is 5.25. The molecule has 9 nitrogen and oxygen atoms in total. The van der Waals surface area contributed by atoms with E-state index in [0.29, 0.717) is 32.1 Å². The molecule has 1 aromatic carbocycles. The zero-order valence-corrected chi connectivity index (χ0v) is 13.3. The largest absolute Gasteiger partial charge is 0.378 e. The van der Waals surface area contributed by atoms with Crippen LogP contribution < -0.4 is 0 Å². The molecule has 1 saturated heterocycles. The number of aromatic amines is 1. The fourth-order valence-electron chi connectivity index (χ4n) is 2.74. The Balaban J connectivity index is 1.51. The number of carbonyl (C=O) groups is 1. The van der Waals surface area contributed by atoms with Gasteiger partial charge >= 0.3 is 0 Å². The first-order valence-electron chi connectivity index (χ1n) is 7.79. The van der Waals surface area contributed by atoms with Gasteiger partial charge in [0.25, 0.3) is 0 Å². The van der Waals surface area contributed by atoms with E-state index in [4.69, 9.17) is 4.74 Å². The van der Waals surface area contributed by atoms with Crippen LogP contribution in [0.3, 0.4) is 0 Å². The molecule has 0 radical (unpaired) electrons. The first-order chi connectivity index (χ1) is 11.7. The number of aryl methyl sites for hydroxylation is 1. The Bertz CT molecular complexity index is 879. The summed E-state index contributed by atoms with van der Waals surface area (Å²) in [6.45, 7) is 4.35. The van der Waals surface area contributed by atoms with Gasteiger partial charge in [-0.15, -0.1) is 10.2 Å². The quantitative estimate of drug-likeness (QED) is 0.746. The Morgan fingerprint density at radius 2 is 2.17 bits per heavy atom. The third kappa shape index (κ3) is 2.85. The molecule has 3 aromatic rings. The molecular formula is C15H17N7O2. The van der Waals surface area contributed by atoms with Gasteiger partial charge in [0.1, 0.15) is 12.4 Å². The maximum atomic E-state index is 12.2. The molecule has 1 aliphatic rings. The minimum atomic E-state index is -0.0260. The van der Waals surface area contributed by atoms with E-state index in [-0.39, 0.29) is 12.5 Å². The normalized spacial score (nSPS) is 15.1. The average molecular weight is 327 g/mol. The number of nitrogens with zero attached hydrogens (tertiary/aromatic N) is 6. The molecular weight excluding hydrogens is 310 g/mol. The first kappa shape index (κ1) is 14.8. The van der Waals surface area contributed by atoms with Crippen LogP contribution in [0.4, 0.5) is 0 Å². The lowest BCUT2D eigenvalue weighted by Crippen LogP contribution is -2.42. The van der Waals surface area contributed by atoms with E-state index in [2.05, 4.69) is 25.4 Å². The van der Waals surface area contributed by atoms with Crippen molar-refractivity contribution in [2.24, 2.45) is 0 Å². The number of morpholine rings is 1. The Morgan fingerprint density at radius 3 is 3.00 bits per heavy atom. The predicted octanol–water partition coefficient (Wildman–Crippen LogP) is 0.384. The highest BCUT2D eigenvalue weighted by Crippen LogP contribution is 2.19. The maximum absolute atomic E-state index is 12.2. The SMILES string of the molecule is Cc1nc2ccc(-c3nnn(CC(=O)N4CCOCC4)n3)cc2[nH]1. The van der Waals surface area contributed by atoms with Crippen molar-refractivity contribution < 1.29 is 9.53 Å². The van der Waals surface area contributed by atoms with E-state index in [1.807, 2.05) is 25.1 Å². The van der Waals surface area contributed by atoms with E-state index in [9.17, 15) is 4.79 Å². The van der Waals surface area contributed by atoms with E-state index in [1.165, 1.54) is 4.80 Å². The fourth-order valence-corrected chi connectivity index (χ4v) is 2.74. The number of tetrazole rings is 1. The summed E-state index contributed by atoms with van der Waals surface area (Å²) in [5.74, 6) is 1.32. The van der Waals surface area contributed by atoms with Crippen molar-refractivity contribution in [2.45, 2.75) is 13.5 Å². The zero-order chi connectivity index (χ0) is 16.5. The van der Waals surface area contributed by atoms with Gasteiger partial charge in [0, 0.05) is 18.7 Å². The molecule has 0 aliphatic carbocycles. The number of imidazole rings is 1. The van der Waals surface area contributed by atoms with Crippen molar-refractivity contribution >= 4 is 16.9 Å². The third-order valence-corrected chi connectivity index (χ3v) is 3.95. The minimum absolute atomic E-state index is 0.0260. The molecule has 4 rings (SSSR count). The van der Waals surface area contributed by atoms with Gasteiger partial charge in [-0.2, -0.15) is 4.80 Å². The van der Waals surface area contributed by atoms with Crippen LogP contribution in [0.1, 0.15) is 5.82 Å². The number of amides is 1. The Kier molecular flexibility index (Phi) is 3.69. The smallest absolute Gasteiger partial charge is 0.246 e. The van der Waals surface area contributed by atoms with Crippen LogP contribution in [-0.4, -0.2) is 67.3 Å². The lowest BCUT2D eigenvalue weighted by Gasteiger charge is -2.26. The maximum Gasteiger partial charge on any atom is 0.246 e. The van der Waals surface area contributed by atoms with Crippen LogP contribution >= 0.6 is 0 Å². The highest BCUT2D eigenvalue weighted by Gasteiger charge is 2.18. The van der Waals surface area contributed by atoms with Gasteiger partial charge in [0.2, 0.25) is 11.7 Å². The van der Waals surface area contributed by atoms with Gasteiger partial charge < -0.3 is 14.6 Å². The van der Waals surface area contributed by atoms with Gasteiger partial charge in [0.05, 0.1) is 24.2 Å². The van der Waals surface area contributed by atoms with Gasteiger partial charge in [-0.05, 0) is 30.3 Å². The van der Waals surface area contributed by atoms with Crippen LogP contribution in [0.15, 0.2) is 18.2 Å². The van der Waals surface area contributed by atoms with E-state index in [1.54, 1.807) is 4.90 Å². The van der Waals surface area contributed by atoms with E-state index < -0.39 is 0 Å². The van der Waals surface area contributed by atoms with Crippen molar-refractivity contribution in [3.8, 4) is 11.4 Å². The number of hydrogen-bond donors (Lipinski definition) is 1. The summed E-state index contributed by atoms with van der Waals surface area (Å²) in [5.41, 5.74) is 2.65. The molecule has 9 heteroatoms. The summed E-state index contributed by atoms with van der Waals surface area (Å²) in [6.07, 6.45) is 0. The number of carbonyl (C=O) groups excluding carboxylic acids is 1. The standard InChI is InChI=1S/C15H17N7O2/c1-10-16-12-3-2-11(8-13(12)17-10)15-18-20-22(19-15)9-14(23)21-4-6-24-7-5-21/h2-3,8H,4-7,9H2,1H3,(H,16,17). The van der Waals surface area contributed by atoms with Crippen molar-refractivity contribution in [3.63, 3.8) is 0 Å². The van der Waals surface area contributed by atoms with Crippen molar-refractivity contribution in [3.05, 3.63) is 24.0 Å². The lowest BCUT2D eigenvalue weighted by atomic mass is 10.2. The summed E-state index contributed by atoms with van der Waals surface area (Å²) in [4.78, 5) is 22.9. The van der Waals surface area contributed by atoms with E-state index >= 15 is 0 Å². The summed E-state index contributed by atoms with van der Waals surface area (Å²) in [6, 6.07) is 5.74. The molecule has 0 unspecified atom stereocenters. The van der Waals surface area contributed by atoms with Gasteiger partial charge in [-0.1, -0.05) is 0 Å². The molecule has 124 valence electrons. The number of H-pyrrole nitrogens is 1. The highest BCUT2D eigenvalue weighted by molar-refractivity contribution is 5.80. The molecule has 24 heavy (non-hydrogen) atoms. The Labute approximate surface area is 137 Å². The lowest BCUT2D eigenvalue weighted by molar-refractivity contribution is -0.136. The molecule has 1 amide bonds. The number of aromatic nitrogens is 6. The molecule has 1 N–H and O–H groups in total. The predicted molar refractivity (Wildman–Crippen MR) is 85.0 cm³/mol. The number of benzene rings is 1. The molecule has 1 aliphatic heterocycles. The van der Waals surface area contributed by atoms with Crippen molar-refractivity contribution in [1.29, 1.82) is 0 Å². The first-order valence-corrected chi connectivity index (χ1v) is 7.79. The number of ether oxygens (including phenoxy) is 1. The zero-order valence-electron chi connectivity index (χ0n) is 13.3. The van der Waals surface area contributed by atoms with Crippen LogP contribution in [-0.2, 0) is 16.1 Å². The number of rotatable bonds is 3. The summed E-state index contributed by atoms with van der Waals surface area (Å²) in [5, 5.41) is 12.3. The van der Waals surface area contributed by atoms with E-state index in [0.717, 1.165) is 22.4 Å². The topological polar surface area (TPSA) is 102 Å². The second kappa shape index (κ2) is 6.00. The van der Waals surface area contributed by atoms with Crippen molar-refractivity contribution in [2.75, 3.05) is 26.3 Å². The second-order valence-corrected chi connectivity index (χ2v) is 5.69. The molecule has 1 fully saturated rings. The third-order valence-electron chi connectivity index (χ3n) is 3.95. The summed E-state index contributed by atoms with van der Waals surface area (Å²) >= 11 is 0. The molecule has 0 spiro atoms. The van der Waals surface area contributed by atoms with Gasteiger partial charge in [-0.25, -0.2) is 4.98 Å². The highest BCUT2D eigenvalue weighted by atomic mass is 16.5. The number of hydrogen-bond acceptors (Lipinski definition) is 6. The molecule has 0 bridgehead atoms. The Morgan fingerprint density at radius 1 is 1.33 bits per heavy atom. The molecule has 2 aromatic heterocycles. The minimum Gasteiger partial charge on any atom is -0.378 e. The second-order valence-electron chi connectivity index (χ2n) is 5.69.